The van der Waals surface area contributed by atoms with Gasteiger partial charge in [0.1, 0.15) is 5.82 Å². The van der Waals surface area contributed by atoms with Gasteiger partial charge in [-0.15, -0.1) is 11.8 Å². The smallest absolute Gasteiger partial charge is 0.238 e. The van der Waals surface area contributed by atoms with Crippen molar-refractivity contribution in [2.75, 3.05) is 17.2 Å². The molecule has 1 amide bonds. The number of anilines is 1. The van der Waals surface area contributed by atoms with Gasteiger partial charge in [0.25, 0.3) is 0 Å². The number of carbonyl (C=O) groups is 1. The third-order valence-corrected chi connectivity index (χ3v) is 4.50. The first-order valence-corrected chi connectivity index (χ1v) is 8.56. The van der Waals surface area contributed by atoms with Gasteiger partial charge in [-0.05, 0) is 59.3 Å². The van der Waals surface area contributed by atoms with Crippen LogP contribution >= 0.6 is 39.3 Å². The number of halogens is 2. The molecule has 21 heavy (non-hydrogen) atoms. The molecule has 1 heterocycles. The SMILES string of the molecule is CCN(C(=O)CSc1ccc(Cl)cc1)c1ccc(Br)cn1. The minimum absolute atomic E-state index is 0.0345. The molecule has 0 fully saturated rings. The third-order valence-electron chi connectivity index (χ3n) is 2.78. The fraction of sp³-hybridized carbons (Fsp3) is 0.200. The number of hydrogen-bond acceptors (Lipinski definition) is 3. The number of carbonyl (C=O) groups excluding carboxylic acids is 1. The highest BCUT2D eigenvalue weighted by Gasteiger charge is 2.15. The molecule has 0 bridgehead atoms. The summed E-state index contributed by atoms with van der Waals surface area (Å²) in [5.74, 6) is 1.07. The summed E-state index contributed by atoms with van der Waals surface area (Å²) in [6, 6.07) is 11.2. The zero-order valence-electron chi connectivity index (χ0n) is 11.4. The molecule has 0 N–H and O–H groups in total. The highest BCUT2D eigenvalue weighted by Crippen LogP contribution is 2.22. The minimum atomic E-state index is 0.0345. The molecule has 110 valence electrons. The van der Waals surface area contributed by atoms with Gasteiger partial charge >= 0.3 is 0 Å². The standard InChI is InChI=1S/C15H14BrClN2OS/c1-2-19(14-8-3-11(16)9-18-14)15(20)10-21-13-6-4-12(17)5-7-13/h3-9H,2,10H2,1H3. The molecule has 2 rings (SSSR count). The van der Waals surface area contributed by atoms with Crippen LogP contribution in [0.1, 0.15) is 6.92 Å². The summed E-state index contributed by atoms with van der Waals surface area (Å²) in [4.78, 5) is 19.3. The summed E-state index contributed by atoms with van der Waals surface area (Å²) in [5.41, 5.74) is 0. The van der Waals surface area contributed by atoms with Crippen molar-refractivity contribution in [3.8, 4) is 0 Å². The van der Waals surface area contributed by atoms with Crippen molar-refractivity contribution in [1.29, 1.82) is 0 Å². The lowest BCUT2D eigenvalue weighted by molar-refractivity contribution is -0.116. The second-order valence-corrected chi connectivity index (χ2v) is 6.62. The maximum atomic E-state index is 12.3. The first-order chi connectivity index (χ1) is 10.1. The van der Waals surface area contributed by atoms with Gasteiger partial charge in [-0.1, -0.05) is 11.6 Å². The Morgan fingerprint density at radius 1 is 1.29 bits per heavy atom. The molecule has 3 nitrogen and oxygen atoms in total. The number of hydrogen-bond donors (Lipinski definition) is 0. The maximum absolute atomic E-state index is 12.3. The van der Waals surface area contributed by atoms with E-state index in [0.29, 0.717) is 23.1 Å². The molecular formula is C15H14BrClN2OS. The van der Waals surface area contributed by atoms with Crippen LogP contribution in [0.4, 0.5) is 5.82 Å². The third kappa shape index (κ3) is 4.73. The quantitative estimate of drug-likeness (QED) is 0.703. The van der Waals surface area contributed by atoms with Crippen molar-refractivity contribution in [2.45, 2.75) is 11.8 Å². The minimum Gasteiger partial charge on any atom is -0.296 e. The number of nitrogens with zero attached hydrogens (tertiary/aromatic N) is 2. The van der Waals surface area contributed by atoms with E-state index >= 15 is 0 Å². The van der Waals surface area contributed by atoms with Gasteiger partial charge in [0.15, 0.2) is 0 Å². The van der Waals surface area contributed by atoms with Gasteiger partial charge in [0.05, 0.1) is 5.75 Å². The van der Waals surface area contributed by atoms with E-state index in [1.165, 1.54) is 11.8 Å². The van der Waals surface area contributed by atoms with Gasteiger partial charge in [0.2, 0.25) is 5.91 Å². The van der Waals surface area contributed by atoms with Crippen LogP contribution in [0.15, 0.2) is 52.0 Å². The largest absolute Gasteiger partial charge is 0.296 e. The average Bonchev–Trinajstić information content (AvgIpc) is 2.49. The van der Waals surface area contributed by atoms with Gasteiger partial charge in [-0.2, -0.15) is 0 Å². The van der Waals surface area contributed by atoms with E-state index in [1.807, 2.05) is 43.3 Å². The molecule has 0 saturated carbocycles. The summed E-state index contributed by atoms with van der Waals surface area (Å²) >= 11 is 10.7. The molecular weight excluding hydrogens is 372 g/mol. The van der Waals surface area contributed by atoms with E-state index in [9.17, 15) is 4.79 Å². The number of rotatable bonds is 5. The highest BCUT2D eigenvalue weighted by atomic mass is 79.9. The highest BCUT2D eigenvalue weighted by molar-refractivity contribution is 9.10. The van der Waals surface area contributed by atoms with Crippen molar-refractivity contribution in [3.63, 3.8) is 0 Å². The number of benzene rings is 1. The van der Waals surface area contributed by atoms with Crippen LogP contribution in [0.5, 0.6) is 0 Å². The number of aromatic nitrogens is 1. The molecule has 0 saturated heterocycles. The van der Waals surface area contributed by atoms with E-state index < -0.39 is 0 Å². The van der Waals surface area contributed by atoms with Crippen LogP contribution < -0.4 is 4.90 Å². The van der Waals surface area contributed by atoms with E-state index in [4.69, 9.17) is 11.6 Å². The van der Waals surface area contributed by atoms with Crippen LogP contribution in [0.3, 0.4) is 0 Å². The Morgan fingerprint density at radius 3 is 2.57 bits per heavy atom. The second kappa shape index (κ2) is 7.82. The Labute approximate surface area is 141 Å². The van der Waals surface area contributed by atoms with Crippen LogP contribution in [-0.2, 0) is 4.79 Å². The maximum Gasteiger partial charge on any atom is 0.238 e. The van der Waals surface area contributed by atoms with Crippen molar-refractivity contribution >= 4 is 51.0 Å². The molecule has 2 aromatic rings. The normalized spacial score (nSPS) is 10.4. The number of amides is 1. The number of pyridine rings is 1. The summed E-state index contributed by atoms with van der Waals surface area (Å²) < 4.78 is 0.894. The lowest BCUT2D eigenvalue weighted by Gasteiger charge is -2.19. The van der Waals surface area contributed by atoms with E-state index in [2.05, 4.69) is 20.9 Å². The Bertz CT molecular complexity index is 604. The van der Waals surface area contributed by atoms with Crippen molar-refractivity contribution in [1.82, 2.24) is 4.98 Å². The predicted molar refractivity (Wildman–Crippen MR) is 92.1 cm³/mol. The van der Waals surface area contributed by atoms with E-state index in [-0.39, 0.29) is 5.91 Å². The van der Waals surface area contributed by atoms with Crippen molar-refractivity contribution in [2.24, 2.45) is 0 Å². The van der Waals surface area contributed by atoms with Gasteiger partial charge in [0, 0.05) is 27.1 Å². The molecule has 0 aliphatic heterocycles. The predicted octanol–water partition coefficient (Wildman–Crippen LogP) is 4.64. The Kier molecular flexibility index (Phi) is 6.08. The molecule has 0 unspecified atom stereocenters. The Balaban J connectivity index is 2.00. The summed E-state index contributed by atoms with van der Waals surface area (Å²) in [6.07, 6.45) is 1.69. The Morgan fingerprint density at radius 2 is 2.00 bits per heavy atom. The van der Waals surface area contributed by atoms with Gasteiger partial charge in [-0.25, -0.2) is 4.98 Å². The van der Waals surface area contributed by atoms with Crippen molar-refractivity contribution in [3.05, 3.63) is 52.1 Å². The molecule has 1 aromatic carbocycles. The summed E-state index contributed by atoms with van der Waals surface area (Å²) in [5, 5.41) is 0.694. The Hall–Kier alpha value is -1.04. The van der Waals surface area contributed by atoms with Crippen LogP contribution in [0.2, 0.25) is 5.02 Å². The fourth-order valence-corrected chi connectivity index (χ4v) is 2.88. The lowest BCUT2D eigenvalue weighted by Crippen LogP contribution is -2.32. The first-order valence-electron chi connectivity index (χ1n) is 6.40. The average molecular weight is 386 g/mol. The van der Waals surface area contributed by atoms with E-state index in [0.717, 1.165) is 9.37 Å². The number of thioether (sulfide) groups is 1. The molecule has 1 aromatic heterocycles. The topological polar surface area (TPSA) is 33.2 Å². The summed E-state index contributed by atoms with van der Waals surface area (Å²) in [7, 11) is 0. The van der Waals surface area contributed by atoms with Gasteiger partial charge < -0.3 is 0 Å². The lowest BCUT2D eigenvalue weighted by atomic mass is 10.4. The first kappa shape index (κ1) is 16.3. The van der Waals surface area contributed by atoms with Crippen LogP contribution in [0.25, 0.3) is 0 Å². The monoisotopic (exact) mass is 384 g/mol. The van der Waals surface area contributed by atoms with Gasteiger partial charge in [-0.3, -0.25) is 9.69 Å². The van der Waals surface area contributed by atoms with E-state index in [1.54, 1.807) is 11.1 Å². The molecule has 0 radical (unpaired) electrons. The van der Waals surface area contributed by atoms with Crippen LogP contribution in [-0.4, -0.2) is 23.2 Å². The summed E-state index contributed by atoms with van der Waals surface area (Å²) in [6.45, 7) is 2.53. The fourth-order valence-electron chi connectivity index (χ4n) is 1.75. The van der Waals surface area contributed by atoms with Crippen LogP contribution in [0, 0.1) is 0 Å². The molecule has 0 atom stereocenters. The molecule has 6 heteroatoms. The molecule has 0 aliphatic carbocycles. The zero-order valence-corrected chi connectivity index (χ0v) is 14.6. The molecule has 0 aliphatic rings. The second-order valence-electron chi connectivity index (χ2n) is 4.22. The van der Waals surface area contributed by atoms with Crippen molar-refractivity contribution < 1.29 is 4.79 Å². The zero-order chi connectivity index (χ0) is 15.2. The molecule has 0 spiro atoms.